The van der Waals surface area contributed by atoms with Crippen LogP contribution in [0.15, 0.2) is 0 Å². The molecule has 1 rings (SSSR count). The van der Waals surface area contributed by atoms with Gasteiger partial charge in [0.25, 0.3) is 0 Å². The molecular weight excluding hydrogens is 256 g/mol. The molecule has 0 aromatic carbocycles. The highest BCUT2D eigenvalue weighted by Gasteiger charge is 2.27. The van der Waals surface area contributed by atoms with Gasteiger partial charge in [-0.15, -0.1) is 0 Å². The zero-order valence-corrected chi connectivity index (χ0v) is 12.6. The van der Waals surface area contributed by atoms with Gasteiger partial charge in [0.2, 0.25) is 0 Å². The van der Waals surface area contributed by atoms with Gasteiger partial charge in [0.1, 0.15) is 0 Å². The van der Waals surface area contributed by atoms with E-state index >= 15 is 0 Å². The Hall–Kier alpha value is -1.26. The number of urea groups is 1. The third kappa shape index (κ3) is 6.26. The molecule has 5 nitrogen and oxygen atoms in total. The summed E-state index contributed by atoms with van der Waals surface area (Å²) in [5, 5.41) is 11.9. The second-order valence-electron chi connectivity index (χ2n) is 5.62. The van der Waals surface area contributed by atoms with Crippen LogP contribution >= 0.6 is 0 Å². The number of carbonyl (C=O) groups excluding carboxylic acids is 1. The number of piperidine rings is 1. The lowest BCUT2D eigenvalue weighted by Gasteiger charge is -2.30. The quantitative estimate of drug-likeness (QED) is 0.673. The molecule has 1 heterocycles. The van der Waals surface area contributed by atoms with Crippen LogP contribution < -0.4 is 5.32 Å². The molecule has 1 saturated heterocycles. The van der Waals surface area contributed by atoms with Crippen molar-refractivity contribution in [3.05, 3.63) is 0 Å². The number of nitrogens with one attached hydrogen (secondary N) is 1. The largest absolute Gasteiger partial charge is 0.481 e. The van der Waals surface area contributed by atoms with E-state index in [2.05, 4.69) is 12.2 Å². The summed E-state index contributed by atoms with van der Waals surface area (Å²) in [6, 6.07) is -0.107. The van der Waals surface area contributed by atoms with Gasteiger partial charge in [-0.25, -0.2) is 4.79 Å². The Morgan fingerprint density at radius 1 is 1.20 bits per heavy atom. The van der Waals surface area contributed by atoms with Gasteiger partial charge in [-0.3, -0.25) is 4.79 Å². The number of amides is 2. The summed E-state index contributed by atoms with van der Waals surface area (Å²) in [7, 11) is 0. The lowest BCUT2D eigenvalue weighted by atomic mass is 9.99. The molecule has 1 aliphatic heterocycles. The van der Waals surface area contributed by atoms with E-state index in [4.69, 9.17) is 5.11 Å². The van der Waals surface area contributed by atoms with Crippen LogP contribution in [0, 0.1) is 5.92 Å². The van der Waals surface area contributed by atoms with Crippen molar-refractivity contribution in [1.82, 2.24) is 10.2 Å². The molecule has 20 heavy (non-hydrogen) atoms. The normalized spacial score (nSPS) is 18.9. The van der Waals surface area contributed by atoms with E-state index < -0.39 is 11.9 Å². The van der Waals surface area contributed by atoms with Gasteiger partial charge in [0, 0.05) is 19.6 Å². The molecule has 0 aliphatic carbocycles. The number of hydrogen-bond acceptors (Lipinski definition) is 2. The third-order valence-electron chi connectivity index (χ3n) is 3.86. The van der Waals surface area contributed by atoms with Gasteiger partial charge in [0.15, 0.2) is 0 Å². The van der Waals surface area contributed by atoms with Crippen molar-refractivity contribution in [2.75, 3.05) is 19.6 Å². The topological polar surface area (TPSA) is 69.6 Å². The minimum absolute atomic E-state index is 0.107. The lowest BCUT2D eigenvalue weighted by Crippen LogP contribution is -2.47. The van der Waals surface area contributed by atoms with Crippen molar-refractivity contribution in [2.45, 2.75) is 58.3 Å². The molecule has 0 spiro atoms. The minimum atomic E-state index is -0.793. The highest BCUT2D eigenvalue weighted by molar-refractivity contribution is 5.76. The van der Waals surface area contributed by atoms with Crippen LogP contribution in [-0.4, -0.2) is 41.6 Å². The van der Waals surface area contributed by atoms with E-state index in [0.29, 0.717) is 26.1 Å². The van der Waals surface area contributed by atoms with Crippen molar-refractivity contribution in [2.24, 2.45) is 5.92 Å². The summed E-state index contributed by atoms with van der Waals surface area (Å²) >= 11 is 0. The number of likely N-dealkylation sites (tertiary alicyclic amines) is 1. The van der Waals surface area contributed by atoms with Gasteiger partial charge in [0.05, 0.1) is 5.92 Å². The second-order valence-corrected chi connectivity index (χ2v) is 5.62. The van der Waals surface area contributed by atoms with Gasteiger partial charge >= 0.3 is 12.0 Å². The summed E-state index contributed by atoms with van der Waals surface area (Å²) < 4.78 is 0. The van der Waals surface area contributed by atoms with Crippen LogP contribution in [0.2, 0.25) is 0 Å². The first-order valence-electron chi connectivity index (χ1n) is 7.90. The van der Waals surface area contributed by atoms with E-state index in [9.17, 15) is 9.59 Å². The predicted octanol–water partition coefficient (Wildman–Crippen LogP) is 2.85. The Morgan fingerprint density at radius 3 is 2.60 bits per heavy atom. The molecule has 2 amide bonds. The van der Waals surface area contributed by atoms with Crippen LogP contribution in [0.25, 0.3) is 0 Å². The van der Waals surface area contributed by atoms with Gasteiger partial charge in [-0.1, -0.05) is 39.0 Å². The molecule has 5 heteroatoms. The maximum atomic E-state index is 11.9. The molecular formula is C15H28N2O3. The first kappa shape index (κ1) is 16.8. The van der Waals surface area contributed by atoms with Crippen LogP contribution in [0.5, 0.6) is 0 Å². The number of aliphatic carboxylic acids is 1. The van der Waals surface area contributed by atoms with E-state index in [1.165, 1.54) is 25.7 Å². The molecule has 2 N–H and O–H groups in total. The van der Waals surface area contributed by atoms with E-state index in [0.717, 1.165) is 19.3 Å². The van der Waals surface area contributed by atoms with Gasteiger partial charge < -0.3 is 15.3 Å². The maximum absolute atomic E-state index is 11.9. The predicted molar refractivity (Wildman–Crippen MR) is 78.7 cm³/mol. The lowest BCUT2D eigenvalue weighted by molar-refractivity contribution is -0.143. The smallest absolute Gasteiger partial charge is 0.317 e. The summed E-state index contributed by atoms with van der Waals surface area (Å²) in [5.41, 5.74) is 0. The molecule has 0 unspecified atom stereocenters. The Bertz CT molecular complexity index is 307. The molecule has 0 aromatic rings. The average molecular weight is 284 g/mol. The van der Waals surface area contributed by atoms with E-state index in [-0.39, 0.29) is 6.03 Å². The van der Waals surface area contributed by atoms with E-state index in [1.54, 1.807) is 4.90 Å². The number of nitrogens with zero attached hydrogens (tertiary/aromatic N) is 1. The van der Waals surface area contributed by atoms with Crippen molar-refractivity contribution in [1.29, 1.82) is 0 Å². The van der Waals surface area contributed by atoms with Crippen LogP contribution in [0.4, 0.5) is 4.79 Å². The molecule has 1 atom stereocenters. The Labute approximate surface area is 121 Å². The van der Waals surface area contributed by atoms with Gasteiger partial charge in [-0.2, -0.15) is 0 Å². The number of rotatable bonds is 8. The number of carbonyl (C=O) groups is 2. The first-order valence-corrected chi connectivity index (χ1v) is 7.90. The Morgan fingerprint density at radius 2 is 1.90 bits per heavy atom. The Balaban J connectivity index is 2.11. The fraction of sp³-hybridized carbons (Fsp3) is 0.867. The highest BCUT2D eigenvalue weighted by Crippen LogP contribution is 2.16. The molecule has 0 bridgehead atoms. The summed E-state index contributed by atoms with van der Waals surface area (Å²) in [4.78, 5) is 24.5. The van der Waals surface area contributed by atoms with E-state index in [1.807, 2.05) is 0 Å². The highest BCUT2D eigenvalue weighted by atomic mass is 16.4. The van der Waals surface area contributed by atoms with Crippen molar-refractivity contribution >= 4 is 12.0 Å². The number of unbranched alkanes of at least 4 members (excludes halogenated alkanes) is 5. The summed E-state index contributed by atoms with van der Waals surface area (Å²) in [6.45, 7) is 3.91. The first-order chi connectivity index (χ1) is 9.65. The zero-order valence-electron chi connectivity index (χ0n) is 12.6. The molecule has 1 fully saturated rings. The SMILES string of the molecule is CCCCCCCCNC(=O)N1CCC[C@H](C(=O)O)C1. The van der Waals surface area contributed by atoms with Crippen molar-refractivity contribution in [3.63, 3.8) is 0 Å². The number of carboxylic acid groups (broad SMARTS) is 1. The van der Waals surface area contributed by atoms with Crippen molar-refractivity contribution in [3.8, 4) is 0 Å². The molecule has 116 valence electrons. The monoisotopic (exact) mass is 284 g/mol. The summed E-state index contributed by atoms with van der Waals surface area (Å²) in [5.74, 6) is -1.19. The number of hydrogen-bond donors (Lipinski definition) is 2. The van der Waals surface area contributed by atoms with Gasteiger partial charge in [-0.05, 0) is 19.3 Å². The molecule has 1 aliphatic rings. The fourth-order valence-electron chi connectivity index (χ4n) is 2.58. The second kappa shape index (κ2) is 9.61. The number of carboxylic acids is 1. The average Bonchev–Trinajstić information content (AvgIpc) is 2.46. The van der Waals surface area contributed by atoms with Crippen LogP contribution in [0.1, 0.15) is 58.3 Å². The van der Waals surface area contributed by atoms with Crippen LogP contribution in [-0.2, 0) is 4.79 Å². The summed E-state index contributed by atoms with van der Waals surface area (Å²) in [6.07, 6.45) is 8.65. The zero-order chi connectivity index (χ0) is 14.8. The third-order valence-corrected chi connectivity index (χ3v) is 3.86. The molecule has 0 aromatic heterocycles. The fourth-order valence-corrected chi connectivity index (χ4v) is 2.58. The standard InChI is InChI=1S/C15H28N2O3/c1-2-3-4-5-6-7-10-16-15(20)17-11-8-9-13(12-17)14(18)19/h13H,2-12H2,1H3,(H,16,20)(H,18,19)/t13-/m0/s1. The molecule has 0 saturated carbocycles. The van der Waals surface area contributed by atoms with Crippen molar-refractivity contribution < 1.29 is 14.7 Å². The molecule has 0 radical (unpaired) electrons. The van der Waals surface area contributed by atoms with Crippen LogP contribution in [0.3, 0.4) is 0 Å². The minimum Gasteiger partial charge on any atom is -0.481 e. The Kier molecular flexibility index (Phi) is 8.07. The maximum Gasteiger partial charge on any atom is 0.317 e.